The highest BCUT2D eigenvalue weighted by Gasteiger charge is 2.13. The number of para-hydroxylation sites is 1. The van der Waals surface area contributed by atoms with Gasteiger partial charge in [0.2, 0.25) is 0 Å². The number of pyridine rings is 1. The molecule has 4 nitrogen and oxygen atoms in total. The van der Waals surface area contributed by atoms with Crippen LogP contribution in [0.15, 0.2) is 54.6 Å². The van der Waals surface area contributed by atoms with Gasteiger partial charge in [0, 0.05) is 24.2 Å². The molecule has 1 aliphatic heterocycles. The van der Waals surface area contributed by atoms with Crippen molar-refractivity contribution < 1.29 is 4.79 Å². The van der Waals surface area contributed by atoms with Gasteiger partial charge >= 0.3 is 0 Å². The van der Waals surface area contributed by atoms with Gasteiger partial charge in [0.15, 0.2) is 0 Å². The molecule has 0 spiro atoms. The number of hydrogen-bond acceptors (Lipinski definition) is 3. The SMILES string of the molecule is Cc1cc(C(=O)NCc2ccc(CN3CCCC3)cc2)c2ccccc2n1. The van der Waals surface area contributed by atoms with E-state index in [0.29, 0.717) is 12.1 Å². The summed E-state index contributed by atoms with van der Waals surface area (Å²) in [5.41, 5.74) is 4.84. The molecule has 2 heterocycles. The molecule has 1 aromatic heterocycles. The van der Waals surface area contributed by atoms with E-state index in [9.17, 15) is 4.79 Å². The van der Waals surface area contributed by atoms with E-state index in [1.165, 1.54) is 31.5 Å². The molecule has 0 saturated carbocycles. The Balaban J connectivity index is 1.42. The Morgan fingerprint density at radius 3 is 2.52 bits per heavy atom. The van der Waals surface area contributed by atoms with Crippen LogP contribution in [-0.4, -0.2) is 28.9 Å². The highest BCUT2D eigenvalue weighted by molar-refractivity contribution is 6.06. The zero-order valence-electron chi connectivity index (χ0n) is 15.7. The lowest BCUT2D eigenvalue weighted by Gasteiger charge is -2.15. The minimum atomic E-state index is -0.0576. The second-order valence-corrected chi connectivity index (χ2v) is 7.31. The molecule has 4 rings (SSSR count). The molecule has 1 fully saturated rings. The number of aryl methyl sites for hydroxylation is 1. The molecular weight excluding hydrogens is 334 g/mol. The predicted octanol–water partition coefficient (Wildman–Crippen LogP) is 4.07. The molecule has 1 N–H and O–H groups in total. The summed E-state index contributed by atoms with van der Waals surface area (Å²) in [5.74, 6) is -0.0576. The van der Waals surface area contributed by atoms with Gasteiger partial charge in [-0.2, -0.15) is 0 Å². The van der Waals surface area contributed by atoms with Gasteiger partial charge in [-0.05, 0) is 56.1 Å². The number of carbonyl (C=O) groups excluding carboxylic acids is 1. The van der Waals surface area contributed by atoms with Crippen LogP contribution in [0.3, 0.4) is 0 Å². The van der Waals surface area contributed by atoms with Crippen molar-refractivity contribution in [1.29, 1.82) is 0 Å². The number of hydrogen-bond donors (Lipinski definition) is 1. The maximum Gasteiger partial charge on any atom is 0.252 e. The van der Waals surface area contributed by atoms with E-state index >= 15 is 0 Å². The Labute approximate surface area is 160 Å². The first-order chi connectivity index (χ1) is 13.2. The summed E-state index contributed by atoms with van der Waals surface area (Å²) in [6.45, 7) is 5.88. The molecule has 0 unspecified atom stereocenters. The van der Waals surface area contributed by atoms with Gasteiger partial charge < -0.3 is 5.32 Å². The molecule has 0 bridgehead atoms. The van der Waals surface area contributed by atoms with E-state index in [-0.39, 0.29) is 5.91 Å². The lowest BCUT2D eigenvalue weighted by molar-refractivity contribution is 0.0952. The van der Waals surface area contributed by atoms with Gasteiger partial charge in [0.1, 0.15) is 0 Å². The number of likely N-dealkylation sites (tertiary alicyclic amines) is 1. The van der Waals surface area contributed by atoms with Gasteiger partial charge in [-0.15, -0.1) is 0 Å². The van der Waals surface area contributed by atoms with E-state index in [2.05, 4.69) is 39.5 Å². The Morgan fingerprint density at radius 2 is 1.74 bits per heavy atom. The topological polar surface area (TPSA) is 45.2 Å². The van der Waals surface area contributed by atoms with Crippen LogP contribution in [0.25, 0.3) is 10.9 Å². The summed E-state index contributed by atoms with van der Waals surface area (Å²) in [5, 5.41) is 3.94. The highest BCUT2D eigenvalue weighted by Crippen LogP contribution is 2.18. The van der Waals surface area contributed by atoms with Gasteiger partial charge in [-0.1, -0.05) is 42.5 Å². The molecular formula is C23H25N3O. The lowest BCUT2D eigenvalue weighted by atomic mass is 10.1. The van der Waals surface area contributed by atoms with Gasteiger partial charge in [-0.3, -0.25) is 14.7 Å². The lowest BCUT2D eigenvalue weighted by Crippen LogP contribution is -2.23. The Morgan fingerprint density at radius 1 is 1.04 bits per heavy atom. The third-order valence-corrected chi connectivity index (χ3v) is 5.17. The molecule has 138 valence electrons. The minimum absolute atomic E-state index is 0.0576. The molecule has 0 aliphatic carbocycles. The molecule has 1 amide bonds. The van der Waals surface area contributed by atoms with Crippen molar-refractivity contribution in [2.75, 3.05) is 13.1 Å². The molecule has 2 aromatic carbocycles. The average Bonchev–Trinajstić information content (AvgIpc) is 3.19. The predicted molar refractivity (Wildman–Crippen MR) is 109 cm³/mol. The fourth-order valence-electron chi connectivity index (χ4n) is 3.73. The molecule has 3 aromatic rings. The third-order valence-electron chi connectivity index (χ3n) is 5.17. The largest absolute Gasteiger partial charge is 0.348 e. The van der Waals surface area contributed by atoms with E-state index in [1.807, 2.05) is 37.3 Å². The van der Waals surface area contributed by atoms with Crippen LogP contribution < -0.4 is 5.32 Å². The third kappa shape index (κ3) is 4.17. The van der Waals surface area contributed by atoms with Crippen molar-refractivity contribution in [3.8, 4) is 0 Å². The smallest absolute Gasteiger partial charge is 0.252 e. The van der Waals surface area contributed by atoms with Crippen molar-refractivity contribution in [2.45, 2.75) is 32.9 Å². The molecule has 1 saturated heterocycles. The first-order valence-corrected chi connectivity index (χ1v) is 9.64. The van der Waals surface area contributed by atoms with E-state index < -0.39 is 0 Å². The number of carbonyl (C=O) groups is 1. The minimum Gasteiger partial charge on any atom is -0.348 e. The number of benzene rings is 2. The number of fused-ring (bicyclic) bond motifs is 1. The maximum atomic E-state index is 12.7. The van der Waals surface area contributed by atoms with Crippen LogP contribution in [0.4, 0.5) is 0 Å². The molecule has 0 radical (unpaired) electrons. The molecule has 1 aliphatic rings. The van der Waals surface area contributed by atoms with Crippen LogP contribution in [-0.2, 0) is 13.1 Å². The Kier molecular flexibility index (Phi) is 5.16. The number of aromatic nitrogens is 1. The number of rotatable bonds is 5. The van der Waals surface area contributed by atoms with Gasteiger partial charge in [0.05, 0.1) is 11.1 Å². The van der Waals surface area contributed by atoms with Crippen molar-refractivity contribution >= 4 is 16.8 Å². The van der Waals surface area contributed by atoms with Crippen LogP contribution in [0.5, 0.6) is 0 Å². The van der Waals surface area contributed by atoms with Crippen molar-refractivity contribution in [3.63, 3.8) is 0 Å². The van der Waals surface area contributed by atoms with Crippen LogP contribution in [0.1, 0.15) is 40.0 Å². The fourth-order valence-corrected chi connectivity index (χ4v) is 3.73. The highest BCUT2D eigenvalue weighted by atomic mass is 16.1. The van der Waals surface area contributed by atoms with Gasteiger partial charge in [0.25, 0.3) is 5.91 Å². The van der Waals surface area contributed by atoms with Crippen LogP contribution in [0.2, 0.25) is 0 Å². The normalized spacial score (nSPS) is 14.6. The molecule has 27 heavy (non-hydrogen) atoms. The van der Waals surface area contributed by atoms with E-state index in [0.717, 1.165) is 28.7 Å². The second kappa shape index (κ2) is 7.89. The standard InChI is InChI=1S/C23H25N3O/c1-17-14-21(20-6-2-3-7-22(20)25-17)23(27)24-15-18-8-10-19(11-9-18)16-26-12-4-5-13-26/h2-3,6-11,14H,4-5,12-13,15-16H2,1H3,(H,24,27). The van der Waals surface area contributed by atoms with Crippen LogP contribution >= 0.6 is 0 Å². The first kappa shape index (κ1) is 17.7. The number of amides is 1. The zero-order valence-corrected chi connectivity index (χ0v) is 15.7. The fraction of sp³-hybridized carbons (Fsp3) is 0.304. The Hall–Kier alpha value is -2.72. The van der Waals surface area contributed by atoms with Crippen molar-refractivity contribution in [2.24, 2.45) is 0 Å². The maximum absolute atomic E-state index is 12.7. The summed E-state index contributed by atoms with van der Waals surface area (Å²) in [6, 6.07) is 18.2. The quantitative estimate of drug-likeness (QED) is 0.747. The summed E-state index contributed by atoms with van der Waals surface area (Å²) < 4.78 is 0. The van der Waals surface area contributed by atoms with Crippen molar-refractivity contribution in [3.05, 3.63) is 77.0 Å². The summed E-state index contributed by atoms with van der Waals surface area (Å²) in [6.07, 6.45) is 2.63. The van der Waals surface area contributed by atoms with E-state index in [1.54, 1.807) is 0 Å². The Bertz CT molecular complexity index is 943. The average molecular weight is 359 g/mol. The second-order valence-electron chi connectivity index (χ2n) is 7.31. The van der Waals surface area contributed by atoms with E-state index in [4.69, 9.17) is 0 Å². The monoisotopic (exact) mass is 359 g/mol. The summed E-state index contributed by atoms with van der Waals surface area (Å²) in [7, 11) is 0. The zero-order chi connectivity index (χ0) is 18.6. The first-order valence-electron chi connectivity index (χ1n) is 9.64. The summed E-state index contributed by atoms with van der Waals surface area (Å²) >= 11 is 0. The van der Waals surface area contributed by atoms with Crippen molar-refractivity contribution in [1.82, 2.24) is 15.2 Å². The number of nitrogens with zero attached hydrogens (tertiary/aromatic N) is 2. The van der Waals surface area contributed by atoms with Gasteiger partial charge in [-0.25, -0.2) is 0 Å². The summed E-state index contributed by atoms with van der Waals surface area (Å²) in [4.78, 5) is 19.7. The number of nitrogens with one attached hydrogen (secondary N) is 1. The molecule has 4 heteroatoms. The molecule has 0 atom stereocenters. The van der Waals surface area contributed by atoms with Crippen LogP contribution in [0, 0.1) is 6.92 Å².